The summed E-state index contributed by atoms with van der Waals surface area (Å²) in [5, 5.41) is 8.80. The van der Waals surface area contributed by atoms with E-state index in [1.807, 2.05) is 26.0 Å². The molecular formula is C18H25N3O3. The number of carbonyl (C=O) groups is 2. The molecule has 0 saturated carbocycles. The van der Waals surface area contributed by atoms with Gasteiger partial charge in [0, 0.05) is 18.7 Å². The van der Waals surface area contributed by atoms with Crippen molar-refractivity contribution in [1.29, 1.82) is 0 Å². The van der Waals surface area contributed by atoms with Gasteiger partial charge >= 0.3 is 6.03 Å². The van der Waals surface area contributed by atoms with Crippen molar-refractivity contribution in [3.63, 3.8) is 0 Å². The molecule has 2 heterocycles. The van der Waals surface area contributed by atoms with Crippen molar-refractivity contribution in [2.45, 2.75) is 57.7 Å². The Morgan fingerprint density at radius 2 is 2.12 bits per heavy atom. The highest BCUT2D eigenvalue weighted by Crippen LogP contribution is 2.26. The highest BCUT2D eigenvalue weighted by Gasteiger charge is 2.24. The second-order valence-electron chi connectivity index (χ2n) is 6.64. The van der Waals surface area contributed by atoms with Gasteiger partial charge in [-0.05, 0) is 50.3 Å². The molecule has 6 heteroatoms. The third-order valence-corrected chi connectivity index (χ3v) is 4.75. The summed E-state index contributed by atoms with van der Waals surface area (Å²) in [6.07, 6.45) is 3.41. The molecule has 130 valence electrons. The average Bonchev–Trinajstić information content (AvgIpc) is 3.08. The number of ether oxygens (including phenoxy) is 1. The van der Waals surface area contributed by atoms with Crippen molar-refractivity contribution in [2.24, 2.45) is 0 Å². The van der Waals surface area contributed by atoms with Crippen molar-refractivity contribution in [1.82, 2.24) is 10.6 Å². The van der Waals surface area contributed by atoms with Gasteiger partial charge in [-0.3, -0.25) is 4.79 Å². The zero-order chi connectivity index (χ0) is 17.1. The van der Waals surface area contributed by atoms with Crippen LogP contribution in [0.1, 0.15) is 50.3 Å². The molecule has 1 fully saturated rings. The number of hydrogen-bond acceptors (Lipinski definition) is 3. The number of hydrogen-bond donors (Lipinski definition) is 3. The first-order chi connectivity index (χ1) is 11.5. The minimum Gasteiger partial charge on any atom is -0.376 e. The number of fused-ring (bicyclic) bond motifs is 1. The standard InChI is InChI=1S/C18H25N3O3/c1-11(19-18(23)20-12(2)16-4-3-9-24-16)13-5-7-15-14(10-13)6-8-17(22)21-15/h5,7,10-12,16H,3-4,6,8-9H2,1-2H3,(H,21,22)(H2,19,20,23)/t11-,12-,16-/m0/s1. The van der Waals surface area contributed by atoms with E-state index < -0.39 is 0 Å². The zero-order valence-corrected chi connectivity index (χ0v) is 14.2. The predicted octanol–water partition coefficient (Wildman–Crippen LogP) is 2.50. The van der Waals surface area contributed by atoms with Gasteiger partial charge in [0.15, 0.2) is 0 Å². The van der Waals surface area contributed by atoms with Crippen LogP contribution in [0.25, 0.3) is 0 Å². The molecule has 0 aromatic heterocycles. The number of anilines is 1. The molecule has 24 heavy (non-hydrogen) atoms. The Morgan fingerprint density at radius 1 is 1.29 bits per heavy atom. The maximum Gasteiger partial charge on any atom is 0.315 e. The maximum atomic E-state index is 12.2. The van der Waals surface area contributed by atoms with Gasteiger partial charge in [0.1, 0.15) is 0 Å². The molecule has 0 unspecified atom stereocenters. The summed E-state index contributed by atoms with van der Waals surface area (Å²) in [6, 6.07) is 5.62. The molecule has 3 rings (SSSR count). The average molecular weight is 331 g/mol. The molecule has 1 aromatic rings. The van der Waals surface area contributed by atoms with Crippen LogP contribution in [-0.4, -0.2) is 30.7 Å². The van der Waals surface area contributed by atoms with Crippen LogP contribution >= 0.6 is 0 Å². The van der Waals surface area contributed by atoms with Gasteiger partial charge in [-0.25, -0.2) is 4.79 Å². The predicted molar refractivity (Wildman–Crippen MR) is 91.9 cm³/mol. The van der Waals surface area contributed by atoms with Crippen molar-refractivity contribution in [2.75, 3.05) is 11.9 Å². The van der Waals surface area contributed by atoms with E-state index in [4.69, 9.17) is 4.74 Å². The van der Waals surface area contributed by atoms with Crippen LogP contribution in [0.3, 0.4) is 0 Å². The molecule has 2 aliphatic rings. The van der Waals surface area contributed by atoms with E-state index in [1.54, 1.807) is 0 Å². The lowest BCUT2D eigenvalue weighted by Crippen LogP contribution is -2.46. The summed E-state index contributed by atoms with van der Waals surface area (Å²) in [5.41, 5.74) is 3.03. The van der Waals surface area contributed by atoms with E-state index in [2.05, 4.69) is 22.0 Å². The molecule has 0 radical (unpaired) electrons. The fourth-order valence-corrected chi connectivity index (χ4v) is 3.29. The second-order valence-corrected chi connectivity index (χ2v) is 6.64. The minimum atomic E-state index is -0.184. The third kappa shape index (κ3) is 3.87. The highest BCUT2D eigenvalue weighted by molar-refractivity contribution is 5.93. The van der Waals surface area contributed by atoms with Crippen molar-refractivity contribution >= 4 is 17.6 Å². The molecule has 3 amide bonds. The van der Waals surface area contributed by atoms with Crippen LogP contribution in [0.4, 0.5) is 10.5 Å². The Bertz CT molecular complexity index is 626. The number of rotatable bonds is 4. The summed E-state index contributed by atoms with van der Waals surface area (Å²) < 4.78 is 5.60. The van der Waals surface area contributed by atoms with Crippen LogP contribution in [0.5, 0.6) is 0 Å². The molecule has 3 N–H and O–H groups in total. The monoisotopic (exact) mass is 331 g/mol. The molecule has 2 aliphatic heterocycles. The molecule has 0 aliphatic carbocycles. The van der Waals surface area contributed by atoms with E-state index in [0.717, 1.165) is 42.7 Å². The summed E-state index contributed by atoms with van der Waals surface area (Å²) in [6.45, 7) is 4.71. The number of nitrogens with one attached hydrogen (secondary N) is 3. The Hall–Kier alpha value is -2.08. The number of aryl methyl sites for hydroxylation is 1. The fourth-order valence-electron chi connectivity index (χ4n) is 3.29. The van der Waals surface area contributed by atoms with Gasteiger partial charge in [-0.15, -0.1) is 0 Å². The summed E-state index contributed by atoms with van der Waals surface area (Å²) >= 11 is 0. The Kier molecular flexibility index (Phi) is 5.04. The minimum absolute atomic E-state index is 0.00144. The first-order valence-electron chi connectivity index (χ1n) is 8.64. The summed E-state index contributed by atoms with van der Waals surface area (Å²) in [5.74, 6) is 0.0592. The van der Waals surface area contributed by atoms with E-state index in [1.165, 1.54) is 0 Å². The normalized spacial score (nSPS) is 22.2. The van der Waals surface area contributed by atoms with Crippen LogP contribution in [0.15, 0.2) is 18.2 Å². The van der Waals surface area contributed by atoms with Crippen LogP contribution < -0.4 is 16.0 Å². The van der Waals surface area contributed by atoms with Gasteiger partial charge in [-0.1, -0.05) is 12.1 Å². The largest absolute Gasteiger partial charge is 0.376 e. The fraction of sp³-hybridized carbons (Fsp3) is 0.556. The number of urea groups is 1. The molecular weight excluding hydrogens is 306 g/mol. The number of benzene rings is 1. The van der Waals surface area contributed by atoms with Crippen LogP contribution in [0, 0.1) is 0 Å². The van der Waals surface area contributed by atoms with E-state index >= 15 is 0 Å². The molecule has 3 atom stereocenters. The quantitative estimate of drug-likeness (QED) is 0.793. The van der Waals surface area contributed by atoms with E-state index in [-0.39, 0.29) is 30.1 Å². The summed E-state index contributed by atoms with van der Waals surface area (Å²) in [7, 11) is 0. The Labute approximate surface area is 142 Å². The van der Waals surface area contributed by atoms with Gasteiger partial charge in [-0.2, -0.15) is 0 Å². The maximum absolute atomic E-state index is 12.2. The summed E-state index contributed by atoms with van der Waals surface area (Å²) in [4.78, 5) is 23.6. The Morgan fingerprint density at radius 3 is 2.88 bits per heavy atom. The highest BCUT2D eigenvalue weighted by atomic mass is 16.5. The number of amides is 3. The molecule has 0 spiro atoms. The third-order valence-electron chi connectivity index (χ3n) is 4.75. The zero-order valence-electron chi connectivity index (χ0n) is 14.2. The first kappa shape index (κ1) is 16.8. The van der Waals surface area contributed by atoms with E-state index in [9.17, 15) is 9.59 Å². The van der Waals surface area contributed by atoms with Crippen molar-refractivity contribution < 1.29 is 14.3 Å². The van der Waals surface area contributed by atoms with Gasteiger partial charge in [0.25, 0.3) is 0 Å². The molecule has 6 nitrogen and oxygen atoms in total. The number of carbonyl (C=O) groups excluding carboxylic acids is 2. The first-order valence-corrected chi connectivity index (χ1v) is 8.64. The van der Waals surface area contributed by atoms with Gasteiger partial charge in [0.2, 0.25) is 5.91 Å². The lowest BCUT2D eigenvalue weighted by Gasteiger charge is -2.23. The van der Waals surface area contributed by atoms with E-state index in [0.29, 0.717) is 6.42 Å². The Balaban J connectivity index is 1.57. The SMILES string of the molecule is C[C@H](NC(=O)N[C@@H](C)[C@@H]1CCCO1)c1ccc2c(c1)CCC(=O)N2. The molecule has 1 aromatic carbocycles. The van der Waals surface area contributed by atoms with Crippen LogP contribution in [-0.2, 0) is 16.0 Å². The lowest BCUT2D eigenvalue weighted by atomic mass is 9.98. The van der Waals surface area contributed by atoms with Gasteiger partial charge < -0.3 is 20.7 Å². The lowest BCUT2D eigenvalue weighted by molar-refractivity contribution is -0.116. The topological polar surface area (TPSA) is 79.5 Å². The van der Waals surface area contributed by atoms with Crippen molar-refractivity contribution in [3.05, 3.63) is 29.3 Å². The van der Waals surface area contributed by atoms with Gasteiger partial charge in [0.05, 0.1) is 18.2 Å². The second kappa shape index (κ2) is 7.21. The van der Waals surface area contributed by atoms with Crippen LogP contribution in [0.2, 0.25) is 0 Å². The van der Waals surface area contributed by atoms with Crippen molar-refractivity contribution in [3.8, 4) is 0 Å². The molecule has 0 bridgehead atoms. The molecule has 1 saturated heterocycles. The smallest absolute Gasteiger partial charge is 0.315 e.